The molecule has 0 aliphatic carbocycles. The zero-order valence-electron chi connectivity index (χ0n) is 18.3. The average Bonchev–Trinajstić information content (AvgIpc) is 3.25. The molecule has 4 aromatic rings. The van der Waals surface area contributed by atoms with Gasteiger partial charge in [0, 0.05) is 28.6 Å². The summed E-state index contributed by atoms with van der Waals surface area (Å²) in [4.78, 5) is 21.9. The number of carbonyl (C=O) groups excluding carboxylic acids is 1. The molecule has 0 saturated carbocycles. The number of hydrogen-bond donors (Lipinski definition) is 1. The van der Waals surface area contributed by atoms with E-state index in [2.05, 4.69) is 15.3 Å². The van der Waals surface area contributed by atoms with E-state index in [0.29, 0.717) is 17.2 Å². The second-order valence-corrected chi connectivity index (χ2v) is 9.81. The van der Waals surface area contributed by atoms with Crippen molar-refractivity contribution in [2.45, 2.75) is 37.5 Å². The first-order valence-corrected chi connectivity index (χ1v) is 11.8. The molecule has 1 N–H and O–H groups in total. The molecule has 2 heterocycles. The molecular weight excluding hydrogens is 422 g/mol. The summed E-state index contributed by atoms with van der Waals surface area (Å²) < 4.78 is 17.8. The highest BCUT2D eigenvalue weighted by Gasteiger charge is 2.29. The van der Waals surface area contributed by atoms with Gasteiger partial charge in [-0.05, 0) is 49.2 Å². The number of carbonyl (C=O) groups is 1. The van der Waals surface area contributed by atoms with Gasteiger partial charge in [0.25, 0.3) is 0 Å². The van der Waals surface area contributed by atoms with E-state index in [0.717, 1.165) is 27.2 Å². The van der Waals surface area contributed by atoms with E-state index in [1.54, 1.807) is 18.5 Å². The fourth-order valence-electron chi connectivity index (χ4n) is 3.46. The van der Waals surface area contributed by atoms with Crippen LogP contribution < -0.4 is 5.32 Å². The normalized spacial score (nSPS) is 12.6. The summed E-state index contributed by atoms with van der Waals surface area (Å²) in [6.07, 6.45) is 3.62. The van der Waals surface area contributed by atoms with E-state index < -0.39 is 16.2 Å². The van der Waals surface area contributed by atoms with Crippen LogP contribution in [0.1, 0.15) is 37.8 Å². The zero-order valence-corrected chi connectivity index (χ0v) is 19.1. The predicted molar refractivity (Wildman–Crippen MR) is 126 cm³/mol. The fraction of sp³-hybridized carbons (Fsp3) is 0.240. The van der Waals surface area contributed by atoms with Crippen molar-refractivity contribution < 1.29 is 13.4 Å². The molecule has 0 spiro atoms. The molecule has 7 heteroatoms. The lowest BCUT2D eigenvalue weighted by Gasteiger charge is -2.21. The molecule has 0 saturated heterocycles. The van der Waals surface area contributed by atoms with Crippen LogP contribution in [-0.4, -0.2) is 25.8 Å². The molecule has 0 radical (unpaired) electrons. The van der Waals surface area contributed by atoms with Crippen molar-refractivity contribution in [3.63, 3.8) is 0 Å². The second-order valence-electron chi connectivity index (χ2n) is 8.07. The molecule has 164 valence electrons. The van der Waals surface area contributed by atoms with Crippen LogP contribution in [0.3, 0.4) is 0 Å². The lowest BCUT2D eigenvalue weighted by atomic mass is 9.84. The van der Waals surface area contributed by atoms with Gasteiger partial charge in [0.2, 0.25) is 11.8 Å². The predicted octanol–water partition coefficient (Wildman–Crippen LogP) is 4.86. The Morgan fingerprint density at radius 1 is 1.06 bits per heavy atom. The third kappa shape index (κ3) is 4.62. The topological polar surface area (TPSA) is 85.1 Å². The number of aromatic nitrogens is 2. The fourth-order valence-corrected chi connectivity index (χ4v) is 4.23. The summed E-state index contributed by atoms with van der Waals surface area (Å²) in [5, 5.41) is 2.93. The molecule has 0 bridgehead atoms. The first-order valence-electron chi connectivity index (χ1n) is 10.5. The molecule has 0 aliphatic heterocycles. The minimum Gasteiger partial charge on any atom is -0.440 e. The summed E-state index contributed by atoms with van der Waals surface area (Å²) in [5.74, 6) is 1.09. The third-order valence-electron chi connectivity index (χ3n) is 5.43. The van der Waals surface area contributed by atoms with Crippen molar-refractivity contribution >= 4 is 33.5 Å². The van der Waals surface area contributed by atoms with Crippen molar-refractivity contribution in [1.82, 2.24) is 9.97 Å². The lowest BCUT2D eigenvalue weighted by Crippen LogP contribution is -2.19. The second kappa shape index (κ2) is 9.04. The summed E-state index contributed by atoms with van der Waals surface area (Å²) in [6.45, 7) is 5.98. The summed E-state index contributed by atoms with van der Waals surface area (Å²) in [7, 11) is -0.986. The van der Waals surface area contributed by atoms with Gasteiger partial charge in [-0.3, -0.25) is 14.0 Å². The number of rotatable bonds is 7. The van der Waals surface area contributed by atoms with Crippen LogP contribution in [-0.2, 0) is 27.4 Å². The summed E-state index contributed by atoms with van der Waals surface area (Å²) >= 11 is 0. The number of hydrogen-bond acceptors (Lipinski definition) is 5. The minimum absolute atomic E-state index is 0.104. The maximum atomic E-state index is 12.5. The van der Waals surface area contributed by atoms with Crippen molar-refractivity contribution in [3.8, 4) is 0 Å². The van der Waals surface area contributed by atoms with Crippen LogP contribution in [0.4, 0.5) is 5.69 Å². The van der Waals surface area contributed by atoms with Crippen molar-refractivity contribution in [3.05, 3.63) is 84.0 Å². The van der Waals surface area contributed by atoms with Gasteiger partial charge in [0.1, 0.15) is 5.52 Å². The van der Waals surface area contributed by atoms with E-state index in [-0.39, 0.29) is 12.3 Å². The van der Waals surface area contributed by atoms with Crippen LogP contribution in [0.25, 0.3) is 11.1 Å². The zero-order chi connectivity index (χ0) is 22.7. The largest absolute Gasteiger partial charge is 0.440 e. The Morgan fingerprint density at radius 2 is 1.78 bits per heavy atom. The average molecular weight is 448 g/mol. The number of nitrogens with one attached hydrogen (secondary N) is 1. The number of amides is 1. The SMILES string of the molecule is CCS(=O)c1ccc(CC(=O)Nc2ccc(C(C)(C)c3nc4cnccc4o3)cc2)cc1. The standard InChI is InChI=1S/C25H25N3O3S/c1-4-32(30)20-11-5-17(6-12-20)15-23(29)27-19-9-7-18(8-10-19)25(2,3)24-28-21-16-26-14-13-22(21)31-24/h5-14,16H,4,15H2,1-3H3,(H,27,29). The van der Waals surface area contributed by atoms with E-state index >= 15 is 0 Å². The Hall–Kier alpha value is -3.32. The van der Waals surface area contributed by atoms with E-state index in [4.69, 9.17) is 4.42 Å². The number of oxazole rings is 1. The molecule has 4 rings (SSSR count). The Balaban J connectivity index is 1.42. The Kier molecular flexibility index (Phi) is 6.19. The minimum atomic E-state index is -0.986. The molecule has 0 fully saturated rings. The molecule has 1 amide bonds. The van der Waals surface area contributed by atoms with Crippen LogP contribution in [0.2, 0.25) is 0 Å². The smallest absolute Gasteiger partial charge is 0.228 e. The van der Waals surface area contributed by atoms with Crippen LogP contribution in [0, 0.1) is 0 Å². The van der Waals surface area contributed by atoms with Crippen LogP contribution >= 0.6 is 0 Å². The van der Waals surface area contributed by atoms with Gasteiger partial charge >= 0.3 is 0 Å². The van der Waals surface area contributed by atoms with Gasteiger partial charge in [-0.15, -0.1) is 0 Å². The van der Waals surface area contributed by atoms with Gasteiger partial charge in [0.15, 0.2) is 5.58 Å². The number of fused-ring (bicyclic) bond motifs is 1. The Labute approximate surface area is 189 Å². The number of benzene rings is 2. The number of nitrogens with zero attached hydrogens (tertiary/aromatic N) is 2. The van der Waals surface area contributed by atoms with E-state index in [9.17, 15) is 9.00 Å². The number of pyridine rings is 1. The Bertz CT molecular complexity index is 1230. The summed E-state index contributed by atoms with van der Waals surface area (Å²) in [5.41, 5.74) is 3.62. The van der Waals surface area contributed by atoms with Gasteiger partial charge in [-0.2, -0.15) is 0 Å². The molecule has 0 aliphatic rings. The molecule has 2 aromatic carbocycles. The highest BCUT2D eigenvalue weighted by molar-refractivity contribution is 7.85. The van der Waals surface area contributed by atoms with E-state index in [1.807, 2.05) is 69.3 Å². The van der Waals surface area contributed by atoms with Crippen LogP contribution in [0.5, 0.6) is 0 Å². The van der Waals surface area contributed by atoms with Gasteiger partial charge in [-0.1, -0.05) is 31.2 Å². The van der Waals surface area contributed by atoms with Crippen molar-refractivity contribution in [1.29, 1.82) is 0 Å². The van der Waals surface area contributed by atoms with Gasteiger partial charge < -0.3 is 9.73 Å². The van der Waals surface area contributed by atoms with Gasteiger partial charge in [0.05, 0.1) is 28.8 Å². The molecule has 2 aromatic heterocycles. The number of anilines is 1. The first-order chi connectivity index (χ1) is 15.4. The molecule has 6 nitrogen and oxygen atoms in total. The quantitative estimate of drug-likeness (QED) is 0.437. The molecular formula is C25H25N3O3S. The Morgan fingerprint density at radius 3 is 2.44 bits per heavy atom. The van der Waals surface area contributed by atoms with Gasteiger partial charge in [-0.25, -0.2) is 4.98 Å². The monoisotopic (exact) mass is 447 g/mol. The molecule has 1 atom stereocenters. The van der Waals surface area contributed by atoms with Crippen LogP contribution in [0.15, 0.2) is 76.3 Å². The van der Waals surface area contributed by atoms with Crippen molar-refractivity contribution in [2.75, 3.05) is 11.1 Å². The third-order valence-corrected chi connectivity index (χ3v) is 6.75. The van der Waals surface area contributed by atoms with E-state index in [1.165, 1.54) is 0 Å². The maximum absolute atomic E-state index is 12.5. The summed E-state index contributed by atoms with van der Waals surface area (Å²) in [6, 6.07) is 16.8. The highest BCUT2D eigenvalue weighted by Crippen LogP contribution is 2.33. The first kappa shape index (κ1) is 21.9. The maximum Gasteiger partial charge on any atom is 0.228 e. The lowest BCUT2D eigenvalue weighted by molar-refractivity contribution is -0.115. The molecule has 1 unspecified atom stereocenters. The highest BCUT2D eigenvalue weighted by atomic mass is 32.2. The van der Waals surface area contributed by atoms with Crippen molar-refractivity contribution in [2.24, 2.45) is 0 Å². The molecule has 32 heavy (non-hydrogen) atoms.